The second-order valence-corrected chi connectivity index (χ2v) is 4.35. The Morgan fingerprint density at radius 3 is 2.81 bits per heavy atom. The van der Waals surface area contributed by atoms with Gasteiger partial charge in [0.25, 0.3) is 5.91 Å². The lowest BCUT2D eigenvalue weighted by atomic mass is 10.1. The molecule has 0 unspecified atom stereocenters. The highest BCUT2D eigenvalue weighted by Crippen LogP contribution is 2.17. The summed E-state index contributed by atoms with van der Waals surface area (Å²) < 4.78 is 4.67. The molecule has 0 aliphatic heterocycles. The van der Waals surface area contributed by atoms with Gasteiger partial charge in [0.1, 0.15) is 6.26 Å². The Morgan fingerprint density at radius 1 is 1.33 bits per heavy atom. The summed E-state index contributed by atoms with van der Waals surface area (Å²) in [4.78, 5) is 23.0. The minimum atomic E-state index is -0.503. The number of rotatable bonds is 2. The Labute approximate surface area is 121 Å². The molecule has 5 heteroatoms. The molecule has 0 aliphatic carbocycles. The number of nitrogens with one attached hydrogen (secondary N) is 1. The van der Waals surface area contributed by atoms with Gasteiger partial charge in [-0.15, -0.1) is 0 Å². The predicted molar refractivity (Wildman–Crippen MR) is 80.0 cm³/mol. The largest absolute Gasteiger partial charge is 0.430 e. The molecule has 1 amide bonds. The van der Waals surface area contributed by atoms with E-state index >= 15 is 0 Å². The molecule has 0 saturated heterocycles. The summed E-state index contributed by atoms with van der Waals surface area (Å²) in [6, 6.07) is 8.10. The molecule has 1 aromatic heterocycles. The Balaban J connectivity index is 2.28. The van der Waals surface area contributed by atoms with Crippen LogP contribution in [0.2, 0.25) is 0 Å². The van der Waals surface area contributed by atoms with Crippen molar-refractivity contribution in [3.63, 3.8) is 0 Å². The van der Waals surface area contributed by atoms with Crippen molar-refractivity contribution < 1.29 is 9.21 Å². The highest BCUT2D eigenvalue weighted by Gasteiger charge is 2.09. The van der Waals surface area contributed by atoms with Crippen LogP contribution in [0, 0.1) is 18.8 Å². The maximum Gasteiger partial charge on any atom is 0.335 e. The van der Waals surface area contributed by atoms with Gasteiger partial charge in [0.2, 0.25) is 0 Å². The van der Waals surface area contributed by atoms with Gasteiger partial charge < -0.3 is 15.5 Å². The lowest BCUT2D eigenvalue weighted by molar-refractivity contribution is 0.102. The molecule has 0 saturated carbocycles. The van der Waals surface area contributed by atoms with E-state index in [9.17, 15) is 9.59 Å². The number of carbonyl (C=O) groups excluding carboxylic acids is 1. The predicted octanol–water partition coefficient (Wildman–Crippen LogP) is 1.51. The van der Waals surface area contributed by atoms with Crippen LogP contribution in [-0.2, 0) is 0 Å². The molecule has 21 heavy (non-hydrogen) atoms. The second kappa shape index (κ2) is 6.55. The minimum Gasteiger partial charge on any atom is -0.430 e. The summed E-state index contributed by atoms with van der Waals surface area (Å²) in [6.45, 7) is 2.18. The van der Waals surface area contributed by atoms with Crippen LogP contribution < -0.4 is 16.7 Å². The van der Waals surface area contributed by atoms with Gasteiger partial charge in [-0.2, -0.15) is 0 Å². The highest BCUT2D eigenvalue weighted by molar-refractivity contribution is 6.04. The maximum atomic E-state index is 12.1. The zero-order valence-electron chi connectivity index (χ0n) is 11.5. The number of nitrogens with two attached hydrogens (primary N) is 1. The Bertz CT molecular complexity index is 762. The molecular formula is C16H14N2O3. The van der Waals surface area contributed by atoms with E-state index in [1.165, 1.54) is 12.1 Å². The molecule has 106 valence electrons. The average Bonchev–Trinajstić information content (AvgIpc) is 2.48. The standard InChI is InChI=1S/C16H14N2O3/c1-11-4-6-14(12(9-11)3-2-8-17)18-16(20)13-5-7-15(19)21-10-13/h4-7,9-10H,8,17H2,1H3,(H,18,20). The monoisotopic (exact) mass is 282 g/mol. The van der Waals surface area contributed by atoms with Crippen molar-refractivity contribution >= 4 is 11.6 Å². The van der Waals surface area contributed by atoms with Crippen LogP contribution in [0.1, 0.15) is 21.5 Å². The van der Waals surface area contributed by atoms with Crippen LogP contribution in [0.3, 0.4) is 0 Å². The van der Waals surface area contributed by atoms with Crippen LogP contribution in [0.15, 0.2) is 45.8 Å². The van der Waals surface area contributed by atoms with Crippen LogP contribution in [-0.4, -0.2) is 12.5 Å². The van der Waals surface area contributed by atoms with Crippen LogP contribution in [0.4, 0.5) is 5.69 Å². The smallest absolute Gasteiger partial charge is 0.335 e. The van der Waals surface area contributed by atoms with Crippen molar-refractivity contribution in [3.8, 4) is 11.8 Å². The van der Waals surface area contributed by atoms with E-state index in [1.807, 2.05) is 19.1 Å². The summed E-state index contributed by atoms with van der Waals surface area (Å²) in [5.74, 6) is 5.30. The molecule has 0 spiro atoms. The molecule has 1 aromatic carbocycles. The van der Waals surface area contributed by atoms with Crippen molar-refractivity contribution in [3.05, 3.63) is 63.7 Å². The molecular weight excluding hydrogens is 268 g/mol. The molecule has 0 aliphatic rings. The fourth-order valence-corrected chi connectivity index (χ4v) is 1.70. The van der Waals surface area contributed by atoms with Crippen molar-refractivity contribution in [2.45, 2.75) is 6.92 Å². The van der Waals surface area contributed by atoms with Gasteiger partial charge in [0, 0.05) is 11.6 Å². The summed E-state index contributed by atoms with van der Waals surface area (Å²) in [5.41, 5.74) is 7.42. The molecule has 2 rings (SSSR count). The van der Waals surface area contributed by atoms with Gasteiger partial charge in [0.15, 0.2) is 0 Å². The summed E-state index contributed by atoms with van der Waals surface area (Å²) in [5, 5.41) is 2.74. The topological polar surface area (TPSA) is 85.3 Å². The van der Waals surface area contributed by atoms with E-state index in [1.54, 1.807) is 6.07 Å². The third-order valence-electron chi connectivity index (χ3n) is 2.71. The highest BCUT2D eigenvalue weighted by atomic mass is 16.4. The van der Waals surface area contributed by atoms with Crippen LogP contribution >= 0.6 is 0 Å². The van der Waals surface area contributed by atoms with Gasteiger partial charge >= 0.3 is 5.63 Å². The van der Waals surface area contributed by atoms with Crippen molar-refractivity contribution in [1.82, 2.24) is 0 Å². The van der Waals surface area contributed by atoms with E-state index < -0.39 is 5.63 Å². The van der Waals surface area contributed by atoms with Crippen molar-refractivity contribution in [1.29, 1.82) is 0 Å². The van der Waals surface area contributed by atoms with E-state index in [-0.39, 0.29) is 18.0 Å². The molecule has 3 N–H and O–H groups in total. The average molecular weight is 282 g/mol. The number of anilines is 1. The Morgan fingerprint density at radius 2 is 2.14 bits per heavy atom. The summed E-state index contributed by atoms with van der Waals surface area (Å²) in [6.07, 6.45) is 1.12. The number of hydrogen-bond acceptors (Lipinski definition) is 4. The Kier molecular flexibility index (Phi) is 4.54. The lowest BCUT2D eigenvalue weighted by Crippen LogP contribution is -2.14. The summed E-state index contributed by atoms with van der Waals surface area (Å²) >= 11 is 0. The minimum absolute atomic E-state index is 0.241. The molecule has 2 aromatic rings. The van der Waals surface area contributed by atoms with Gasteiger partial charge in [-0.25, -0.2) is 4.79 Å². The fourth-order valence-electron chi connectivity index (χ4n) is 1.70. The third-order valence-corrected chi connectivity index (χ3v) is 2.71. The normalized spacial score (nSPS) is 9.62. The van der Waals surface area contributed by atoms with Gasteiger partial charge in [-0.3, -0.25) is 4.79 Å². The van der Waals surface area contributed by atoms with Crippen molar-refractivity contribution in [2.75, 3.05) is 11.9 Å². The molecule has 0 atom stereocenters. The quantitative estimate of drug-likeness (QED) is 0.818. The molecule has 0 radical (unpaired) electrons. The first-order valence-electron chi connectivity index (χ1n) is 6.30. The first-order chi connectivity index (χ1) is 10.1. The van der Waals surface area contributed by atoms with E-state index in [4.69, 9.17) is 5.73 Å². The maximum absolute atomic E-state index is 12.1. The van der Waals surface area contributed by atoms with Crippen LogP contribution in [0.25, 0.3) is 0 Å². The summed E-state index contributed by atoms with van der Waals surface area (Å²) in [7, 11) is 0. The van der Waals surface area contributed by atoms with Crippen LogP contribution in [0.5, 0.6) is 0 Å². The zero-order chi connectivity index (χ0) is 15.2. The molecule has 1 heterocycles. The van der Waals surface area contributed by atoms with E-state index in [2.05, 4.69) is 21.6 Å². The SMILES string of the molecule is Cc1ccc(NC(=O)c2ccc(=O)oc2)c(C#CCN)c1. The lowest BCUT2D eigenvalue weighted by Gasteiger charge is -2.08. The van der Waals surface area contributed by atoms with Gasteiger partial charge in [-0.05, 0) is 30.7 Å². The van der Waals surface area contributed by atoms with Crippen molar-refractivity contribution in [2.24, 2.45) is 5.73 Å². The number of aryl methyl sites for hydroxylation is 1. The molecule has 0 fully saturated rings. The zero-order valence-corrected chi connectivity index (χ0v) is 11.5. The first-order valence-corrected chi connectivity index (χ1v) is 6.30. The number of amides is 1. The third kappa shape index (κ3) is 3.81. The fraction of sp³-hybridized carbons (Fsp3) is 0.125. The van der Waals surface area contributed by atoms with E-state index in [0.29, 0.717) is 11.3 Å². The molecule has 0 bridgehead atoms. The molecule has 5 nitrogen and oxygen atoms in total. The van der Waals surface area contributed by atoms with E-state index in [0.717, 1.165) is 11.8 Å². The second-order valence-electron chi connectivity index (χ2n) is 4.35. The van der Waals surface area contributed by atoms with Gasteiger partial charge in [0.05, 0.1) is 17.8 Å². The number of hydrogen-bond donors (Lipinski definition) is 2. The first kappa shape index (κ1) is 14.6. The number of carbonyl (C=O) groups is 1. The Hall–Kier alpha value is -2.84. The number of benzene rings is 1. The van der Waals surface area contributed by atoms with Gasteiger partial charge in [-0.1, -0.05) is 17.9 Å².